The summed E-state index contributed by atoms with van der Waals surface area (Å²) < 4.78 is 0. The minimum Gasteiger partial charge on any atom is -0.481 e. The number of rotatable bonds is 5. The molecule has 1 N–H and O–H groups in total. The Hall–Kier alpha value is -0.710. The van der Waals surface area contributed by atoms with Gasteiger partial charge in [0.05, 0.1) is 16.0 Å². The van der Waals surface area contributed by atoms with Crippen molar-refractivity contribution in [3.8, 4) is 0 Å². The van der Waals surface area contributed by atoms with E-state index in [0.717, 1.165) is 0 Å². The number of carbonyl (C=O) groups excluding carboxylic acids is 1. The van der Waals surface area contributed by atoms with Crippen molar-refractivity contribution in [3.05, 3.63) is 33.8 Å². The first kappa shape index (κ1) is 14.4. The maximum absolute atomic E-state index is 11.8. The highest BCUT2D eigenvalue weighted by atomic mass is 35.5. The molecule has 0 bridgehead atoms. The Kier molecular flexibility index (Phi) is 5.31. The zero-order valence-electron chi connectivity index (χ0n) is 8.69. The van der Waals surface area contributed by atoms with Gasteiger partial charge in [0.2, 0.25) is 0 Å². The van der Waals surface area contributed by atoms with Crippen molar-refractivity contribution < 1.29 is 14.7 Å². The molecule has 0 aliphatic carbocycles. The Balaban J connectivity index is 2.82. The van der Waals surface area contributed by atoms with E-state index in [-0.39, 0.29) is 23.0 Å². The fourth-order valence-corrected chi connectivity index (χ4v) is 1.82. The van der Waals surface area contributed by atoms with Crippen LogP contribution in [0.5, 0.6) is 0 Å². The number of carboxylic acids is 1. The van der Waals surface area contributed by atoms with Crippen LogP contribution in [0.3, 0.4) is 0 Å². The highest BCUT2D eigenvalue weighted by Gasteiger charge is 2.20. The topological polar surface area (TPSA) is 54.4 Å². The normalized spacial score (nSPS) is 12.2. The van der Waals surface area contributed by atoms with Crippen LogP contribution < -0.4 is 0 Å². The van der Waals surface area contributed by atoms with Gasteiger partial charge in [-0.15, -0.1) is 0 Å². The van der Waals surface area contributed by atoms with Gasteiger partial charge in [0.15, 0.2) is 5.78 Å². The molecule has 92 valence electrons. The lowest BCUT2D eigenvalue weighted by Crippen LogP contribution is -2.19. The average molecular weight is 293 g/mol. The first-order valence-corrected chi connectivity index (χ1v) is 6.16. The molecule has 1 atom stereocenters. The second-order valence-electron chi connectivity index (χ2n) is 3.47. The van der Waals surface area contributed by atoms with Gasteiger partial charge in [-0.25, -0.2) is 0 Å². The second-order valence-corrected chi connectivity index (χ2v) is 4.65. The van der Waals surface area contributed by atoms with Gasteiger partial charge in [-0.2, -0.15) is 12.6 Å². The maximum Gasteiger partial charge on any atom is 0.307 e. The first-order chi connectivity index (χ1) is 7.95. The van der Waals surface area contributed by atoms with Crippen LogP contribution in [0, 0.1) is 5.92 Å². The summed E-state index contributed by atoms with van der Waals surface area (Å²) in [6.07, 6.45) is -0.100. The predicted molar refractivity (Wildman–Crippen MR) is 70.4 cm³/mol. The highest BCUT2D eigenvalue weighted by Crippen LogP contribution is 2.24. The lowest BCUT2D eigenvalue weighted by atomic mass is 10.00. The Morgan fingerprint density at radius 2 is 1.94 bits per heavy atom. The third kappa shape index (κ3) is 3.91. The van der Waals surface area contributed by atoms with Crippen LogP contribution in [0.2, 0.25) is 10.0 Å². The summed E-state index contributed by atoms with van der Waals surface area (Å²) in [4.78, 5) is 22.6. The van der Waals surface area contributed by atoms with E-state index in [1.165, 1.54) is 18.2 Å². The van der Waals surface area contributed by atoms with Gasteiger partial charge < -0.3 is 5.11 Å². The van der Waals surface area contributed by atoms with E-state index in [1.54, 1.807) is 0 Å². The Morgan fingerprint density at radius 3 is 2.41 bits per heavy atom. The van der Waals surface area contributed by atoms with Crippen molar-refractivity contribution in [1.29, 1.82) is 0 Å². The summed E-state index contributed by atoms with van der Waals surface area (Å²) >= 11 is 15.4. The second kappa shape index (κ2) is 6.28. The van der Waals surface area contributed by atoms with Gasteiger partial charge in [0, 0.05) is 17.7 Å². The Morgan fingerprint density at radius 1 is 1.29 bits per heavy atom. The van der Waals surface area contributed by atoms with E-state index in [4.69, 9.17) is 28.3 Å². The lowest BCUT2D eigenvalue weighted by Gasteiger charge is -2.08. The summed E-state index contributed by atoms with van der Waals surface area (Å²) in [5.74, 6) is -2.00. The number of benzene rings is 1. The van der Waals surface area contributed by atoms with Crippen LogP contribution in [0.1, 0.15) is 16.8 Å². The quantitative estimate of drug-likeness (QED) is 0.647. The molecule has 0 radical (unpaired) electrons. The number of hydrogen-bond donors (Lipinski definition) is 2. The van der Waals surface area contributed by atoms with E-state index in [9.17, 15) is 9.59 Å². The van der Waals surface area contributed by atoms with Crippen LogP contribution in [0.25, 0.3) is 0 Å². The van der Waals surface area contributed by atoms with Crippen LogP contribution in [0.15, 0.2) is 18.2 Å². The van der Waals surface area contributed by atoms with Crippen LogP contribution in [-0.4, -0.2) is 22.6 Å². The number of ketones is 1. The Bertz CT molecular complexity index is 448. The summed E-state index contributed by atoms with van der Waals surface area (Å²) in [7, 11) is 0. The van der Waals surface area contributed by atoms with E-state index < -0.39 is 11.9 Å². The number of Topliss-reactive ketones (excluding diaryl/α,β-unsaturated/α-hetero) is 1. The van der Waals surface area contributed by atoms with Gasteiger partial charge >= 0.3 is 5.97 Å². The van der Waals surface area contributed by atoms with Crippen LogP contribution in [0.4, 0.5) is 0 Å². The standard InChI is InChI=1S/C11H10Cl2O3S/c12-8-2-1-6(3-9(8)13)10(14)4-7(5-17)11(15)16/h1-3,7,17H,4-5H2,(H,15,16). The van der Waals surface area contributed by atoms with Gasteiger partial charge in [-0.3, -0.25) is 9.59 Å². The molecule has 1 aromatic rings. The van der Waals surface area contributed by atoms with Gasteiger partial charge in [-0.1, -0.05) is 23.2 Å². The van der Waals surface area contributed by atoms with E-state index in [0.29, 0.717) is 10.6 Å². The molecule has 6 heteroatoms. The fourth-order valence-electron chi connectivity index (χ4n) is 1.24. The van der Waals surface area contributed by atoms with Crippen LogP contribution >= 0.6 is 35.8 Å². The third-order valence-corrected chi connectivity index (χ3v) is 3.42. The minimum atomic E-state index is -1.03. The molecule has 0 aliphatic heterocycles. The third-order valence-electron chi connectivity index (χ3n) is 2.24. The molecule has 0 amide bonds. The number of halogens is 2. The number of carbonyl (C=O) groups is 2. The van der Waals surface area contributed by atoms with Crippen LogP contribution in [-0.2, 0) is 4.79 Å². The molecule has 0 fully saturated rings. The smallest absolute Gasteiger partial charge is 0.307 e. The van der Waals surface area contributed by atoms with E-state index >= 15 is 0 Å². The number of thiol groups is 1. The van der Waals surface area contributed by atoms with Crippen molar-refractivity contribution >= 4 is 47.6 Å². The molecule has 1 unspecified atom stereocenters. The number of hydrogen-bond acceptors (Lipinski definition) is 3. The summed E-state index contributed by atoms with van der Waals surface area (Å²) in [6.45, 7) is 0. The molecule has 1 rings (SSSR count). The van der Waals surface area contributed by atoms with Gasteiger partial charge in [0.1, 0.15) is 0 Å². The fraction of sp³-hybridized carbons (Fsp3) is 0.273. The minimum absolute atomic E-state index is 0.100. The molecule has 17 heavy (non-hydrogen) atoms. The maximum atomic E-state index is 11.8. The highest BCUT2D eigenvalue weighted by molar-refractivity contribution is 7.80. The molecular weight excluding hydrogens is 283 g/mol. The molecular formula is C11H10Cl2O3S. The molecule has 0 aromatic heterocycles. The molecule has 0 saturated carbocycles. The monoisotopic (exact) mass is 292 g/mol. The zero-order chi connectivity index (χ0) is 13.0. The van der Waals surface area contributed by atoms with E-state index in [2.05, 4.69) is 12.6 Å². The molecule has 0 saturated heterocycles. The molecule has 0 spiro atoms. The van der Waals surface area contributed by atoms with Gasteiger partial charge in [-0.05, 0) is 18.2 Å². The average Bonchev–Trinajstić information content (AvgIpc) is 2.28. The molecule has 0 aliphatic rings. The predicted octanol–water partition coefficient (Wildman–Crippen LogP) is 3.20. The van der Waals surface area contributed by atoms with Gasteiger partial charge in [0.25, 0.3) is 0 Å². The van der Waals surface area contributed by atoms with Crippen molar-refractivity contribution in [3.63, 3.8) is 0 Å². The lowest BCUT2D eigenvalue weighted by molar-refractivity contribution is -0.140. The molecule has 1 aromatic carbocycles. The Labute approximate surface area is 114 Å². The first-order valence-electron chi connectivity index (χ1n) is 4.77. The summed E-state index contributed by atoms with van der Waals surface area (Å²) in [5, 5.41) is 9.45. The van der Waals surface area contributed by atoms with Crippen molar-refractivity contribution in [1.82, 2.24) is 0 Å². The zero-order valence-corrected chi connectivity index (χ0v) is 11.1. The largest absolute Gasteiger partial charge is 0.481 e. The van der Waals surface area contributed by atoms with Crippen molar-refractivity contribution in [2.45, 2.75) is 6.42 Å². The SMILES string of the molecule is O=C(CC(CS)C(=O)O)c1ccc(Cl)c(Cl)c1. The number of aliphatic carboxylic acids is 1. The molecule has 0 heterocycles. The summed E-state index contributed by atoms with van der Waals surface area (Å²) in [5.41, 5.74) is 0.354. The van der Waals surface area contributed by atoms with E-state index in [1.807, 2.05) is 0 Å². The van der Waals surface area contributed by atoms with Crippen molar-refractivity contribution in [2.24, 2.45) is 5.92 Å². The van der Waals surface area contributed by atoms with Crippen molar-refractivity contribution in [2.75, 3.05) is 5.75 Å². The summed E-state index contributed by atoms with van der Waals surface area (Å²) in [6, 6.07) is 4.46. The molecule has 3 nitrogen and oxygen atoms in total. The number of carboxylic acid groups (broad SMARTS) is 1.